The molecule has 0 heterocycles. The maximum absolute atomic E-state index is 10.8. The Bertz CT molecular complexity index is 229. The minimum Gasteiger partial charge on any atom is -0.466 e. The molecule has 0 rings (SSSR count). The fourth-order valence-electron chi connectivity index (χ4n) is 1.06. The molecule has 0 saturated heterocycles. The molecular weight excluding hydrogens is 188 g/mol. The number of rotatable bonds is 7. The van der Waals surface area contributed by atoms with Crippen LogP contribution in [0.5, 0.6) is 0 Å². The summed E-state index contributed by atoms with van der Waals surface area (Å²) < 4.78 is 5.00. The lowest BCUT2D eigenvalue weighted by atomic mass is 10.1. The monoisotopic (exact) mass is 210 g/mol. The first-order valence-corrected chi connectivity index (χ1v) is 5.53. The average Bonchev–Trinajstić information content (AvgIpc) is 2.17. The summed E-state index contributed by atoms with van der Waals surface area (Å²) >= 11 is 0. The molecule has 0 aliphatic carbocycles. The van der Waals surface area contributed by atoms with Crippen molar-refractivity contribution in [2.75, 3.05) is 6.61 Å². The number of hydrogen-bond donors (Lipinski definition) is 0. The number of carbonyl (C=O) groups is 1. The summed E-state index contributed by atoms with van der Waals surface area (Å²) in [6, 6.07) is 0. The molecular formula is C13H22O2. The van der Waals surface area contributed by atoms with E-state index in [-0.39, 0.29) is 5.97 Å². The molecule has 15 heavy (non-hydrogen) atoms. The van der Waals surface area contributed by atoms with Gasteiger partial charge in [-0.2, -0.15) is 0 Å². The Hall–Kier alpha value is -1.05. The van der Waals surface area contributed by atoms with Crippen molar-refractivity contribution in [3.05, 3.63) is 24.3 Å². The molecule has 0 aliphatic rings. The fourth-order valence-corrected chi connectivity index (χ4v) is 1.06. The van der Waals surface area contributed by atoms with E-state index in [1.165, 1.54) is 0 Å². The number of carbonyl (C=O) groups excluding carboxylic acids is 1. The minimum atomic E-state index is -0.117. The van der Waals surface area contributed by atoms with Crippen LogP contribution < -0.4 is 0 Å². The van der Waals surface area contributed by atoms with E-state index >= 15 is 0 Å². The molecule has 86 valence electrons. The molecule has 2 heteroatoms. The lowest BCUT2D eigenvalue weighted by molar-refractivity contribution is -0.143. The van der Waals surface area contributed by atoms with Crippen molar-refractivity contribution in [2.24, 2.45) is 5.92 Å². The van der Waals surface area contributed by atoms with E-state index in [1.807, 2.05) is 6.92 Å². The fraction of sp³-hybridized carbons (Fsp3) is 0.615. The Morgan fingerprint density at radius 3 is 2.73 bits per heavy atom. The first-order valence-electron chi connectivity index (χ1n) is 5.53. The van der Waals surface area contributed by atoms with Crippen LogP contribution in [0.4, 0.5) is 0 Å². The highest BCUT2D eigenvalue weighted by molar-refractivity contribution is 5.68. The van der Waals surface area contributed by atoms with E-state index in [0.717, 1.165) is 18.4 Å². The molecule has 0 radical (unpaired) electrons. The zero-order chi connectivity index (χ0) is 11.7. The van der Waals surface area contributed by atoms with Crippen molar-refractivity contribution >= 4 is 5.97 Å². The third-order valence-corrected chi connectivity index (χ3v) is 2.06. The Balaban J connectivity index is 3.56. The summed E-state index contributed by atoms with van der Waals surface area (Å²) in [5.74, 6) is 0.335. The van der Waals surface area contributed by atoms with E-state index in [9.17, 15) is 4.79 Å². The van der Waals surface area contributed by atoms with Gasteiger partial charge in [0.05, 0.1) is 6.61 Å². The number of allylic oxidation sites excluding steroid dienone is 3. The van der Waals surface area contributed by atoms with Crippen LogP contribution in [0.25, 0.3) is 0 Å². The zero-order valence-corrected chi connectivity index (χ0v) is 10.1. The summed E-state index contributed by atoms with van der Waals surface area (Å²) in [6.45, 7) is 10.3. The normalized spacial score (nSPS) is 12.7. The molecule has 1 atom stereocenters. The number of ether oxygens (including phenoxy) is 1. The van der Waals surface area contributed by atoms with Crippen LogP contribution in [0, 0.1) is 5.92 Å². The van der Waals surface area contributed by atoms with Gasteiger partial charge >= 0.3 is 5.97 Å². The molecule has 0 bridgehead atoms. The predicted octanol–water partition coefficient (Wildman–Crippen LogP) is 3.49. The topological polar surface area (TPSA) is 26.3 Å². The predicted molar refractivity (Wildman–Crippen MR) is 63.6 cm³/mol. The van der Waals surface area contributed by atoms with E-state index in [0.29, 0.717) is 18.9 Å². The molecule has 1 unspecified atom stereocenters. The van der Waals surface area contributed by atoms with Crippen molar-refractivity contribution in [3.63, 3.8) is 0 Å². The van der Waals surface area contributed by atoms with Crippen LogP contribution in [-0.2, 0) is 9.53 Å². The zero-order valence-electron chi connectivity index (χ0n) is 10.1. The van der Waals surface area contributed by atoms with Crippen molar-refractivity contribution in [3.8, 4) is 0 Å². The highest BCUT2D eigenvalue weighted by atomic mass is 16.5. The Labute approximate surface area is 93.0 Å². The number of hydrogen-bond acceptors (Lipinski definition) is 2. The van der Waals surface area contributed by atoms with Crippen molar-refractivity contribution < 1.29 is 9.53 Å². The molecule has 0 N–H and O–H groups in total. The van der Waals surface area contributed by atoms with Gasteiger partial charge in [-0.25, -0.2) is 0 Å². The average molecular weight is 210 g/mol. The van der Waals surface area contributed by atoms with Gasteiger partial charge in [0.15, 0.2) is 0 Å². The molecule has 0 aromatic rings. The second-order valence-corrected chi connectivity index (χ2v) is 3.93. The van der Waals surface area contributed by atoms with Gasteiger partial charge in [0.25, 0.3) is 0 Å². The second-order valence-electron chi connectivity index (χ2n) is 3.93. The third kappa shape index (κ3) is 9.26. The van der Waals surface area contributed by atoms with Gasteiger partial charge in [0, 0.05) is 6.42 Å². The molecule has 0 aromatic heterocycles. The maximum atomic E-state index is 10.8. The van der Waals surface area contributed by atoms with Gasteiger partial charge in [0.1, 0.15) is 0 Å². The van der Waals surface area contributed by atoms with Crippen LogP contribution in [0.2, 0.25) is 0 Å². The first-order chi connectivity index (χ1) is 7.06. The minimum absolute atomic E-state index is 0.117. The van der Waals surface area contributed by atoms with Crippen molar-refractivity contribution in [2.45, 2.75) is 40.0 Å². The van der Waals surface area contributed by atoms with E-state index in [2.05, 4.69) is 25.7 Å². The first kappa shape index (κ1) is 13.9. The van der Waals surface area contributed by atoms with Gasteiger partial charge in [-0.3, -0.25) is 4.79 Å². The van der Waals surface area contributed by atoms with Crippen LogP contribution in [0.15, 0.2) is 24.3 Å². The molecule has 0 amide bonds. The lowest BCUT2D eigenvalue weighted by Gasteiger charge is -2.06. The van der Waals surface area contributed by atoms with E-state index < -0.39 is 0 Å². The lowest BCUT2D eigenvalue weighted by Crippen LogP contribution is -2.06. The molecule has 0 spiro atoms. The standard InChI is InChI=1S/C13H22O2/c1-5-13(14)15-10-9-12(4)8-6-7-11(2)3/h6,8,12H,2,5,7,9-10H2,1,3-4H3/b8-6+. The van der Waals surface area contributed by atoms with Gasteiger partial charge in [0.2, 0.25) is 0 Å². The summed E-state index contributed by atoms with van der Waals surface area (Å²) in [7, 11) is 0. The highest BCUT2D eigenvalue weighted by Gasteiger charge is 2.00. The van der Waals surface area contributed by atoms with Gasteiger partial charge < -0.3 is 4.74 Å². The molecule has 2 nitrogen and oxygen atoms in total. The molecule has 0 aromatic carbocycles. The van der Waals surface area contributed by atoms with Crippen LogP contribution in [-0.4, -0.2) is 12.6 Å². The van der Waals surface area contributed by atoms with Crippen LogP contribution >= 0.6 is 0 Å². The van der Waals surface area contributed by atoms with E-state index in [4.69, 9.17) is 4.74 Å². The summed E-state index contributed by atoms with van der Waals surface area (Å²) in [5, 5.41) is 0. The Morgan fingerprint density at radius 1 is 1.53 bits per heavy atom. The SMILES string of the molecule is C=C(C)C/C=C/C(C)CCOC(=O)CC. The summed E-state index contributed by atoms with van der Waals surface area (Å²) in [4.78, 5) is 10.8. The second kappa shape index (κ2) is 8.27. The molecule has 0 saturated carbocycles. The Kier molecular flexibility index (Phi) is 7.69. The van der Waals surface area contributed by atoms with Crippen LogP contribution in [0.3, 0.4) is 0 Å². The van der Waals surface area contributed by atoms with Gasteiger partial charge in [-0.05, 0) is 25.7 Å². The smallest absolute Gasteiger partial charge is 0.305 e. The van der Waals surface area contributed by atoms with Crippen molar-refractivity contribution in [1.29, 1.82) is 0 Å². The van der Waals surface area contributed by atoms with Gasteiger partial charge in [-0.15, -0.1) is 0 Å². The summed E-state index contributed by atoms with van der Waals surface area (Å²) in [6.07, 6.45) is 6.54. The largest absolute Gasteiger partial charge is 0.466 e. The summed E-state index contributed by atoms with van der Waals surface area (Å²) in [5.41, 5.74) is 1.16. The van der Waals surface area contributed by atoms with Crippen LogP contribution in [0.1, 0.15) is 40.0 Å². The van der Waals surface area contributed by atoms with E-state index in [1.54, 1.807) is 6.92 Å². The highest BCUT2D eigenvalue weighted by Crippen LogP contribution is 2.06. The quantitative estimate of drug-likeness (QED) is 0.475. The van der Waals surface area contributed by atoms with Gasteiger partial charge in [-0.1, -0.05) is 38.2 Å². The Morgan fingerprint density at radius 2 is 2.20 bits per heavy atom. The van der Waals surface area contributed by atoms with Crippen molar-refractivity contribution in [1.82, 2.24) is 0 Å². The third-order valence-electron chi connectivity index (χ3n) is 2.06. The molecule has 0 aliphatic heterocycles. The number of esters is 1. The molecule has 0 fully saturated rings. The maximum Gasteiger partial charge on any atom is 0.305 e.